The van der Waals surface area contributed by atoms with Crippen molar-refractivity contribution >= 4 is 31.9 Å². The molecule has 0 fully saturated rings. The first-order valence-electron chi connectivity index (χ1n) is 4.88. The van der Waals surface area contributed by atoms with Crippen molar-refractivity contribution in [2.45, 2.75) is 6.04 Å². The van der Waals surface area contributed by atoms with Gasteiger partial charge in [0.1, 0.15) is 6.04 Å². The molecule has 0 aliphatic heterocycles. The molecule has 0 bridgehead atoms. The molecule has 0 aromatic carbocycles. The van der Waals surface area contributed by atoms with Gasteiger partial charge in [0.15, 0.2) is 0 Å². The third-order valence-electron chi connectivity index (χ3n) is 2.42. The minimum atomic E-state index is -0.204. The Balaban J connectivity index is 2.43. The lowest BCUT2D eigenvalue weighted by Gasteiger charge is -2.16. The Labute approximate surface area is 116 Å². The Morgan fingerprint density at radius 1 is 1.35 bits per heavy atom. The van der Waals surface area contributed by atoms with E-state index in [0.29, 0.717) is 0 Å². The number of hydrogen-bond donors (Lipinski definition) is 2. The Hall–Kier alpha value is -0.760. The quantitative estimate of drug-likeness (QED) is 0.647. The summed E-state index contributed by atoms with van der Waals surface area (Å²) < 4.78 is 3.59. The van der Waals surface area contributed by atoms with Gasteiger partial charge in [-0.2, -0.15) is 5.10 Å². The number of aromatic nitrogens is 3. The van der Waals surface area contributed by atoms with E-state index in [2.05, 4.69) is 47.4 Å². The molecule has 2 heterocycles. The average molecular weight is 361 g/mol. The van der Waals surface area contributed by atoms with E-state index in [1.165, 1.54) is 0 Å². The summed E-state index contributed by atoms with van der Waals surface area (Å²) in [5.41, 5.74) is 4.52. The third-order valence-corrected chi connectivity index (χ3v) is 3.50. The first-order valence-corrected chi connectivity index (χ1v) is 6.47. The van der Waals surface area contributed by atoms with Gasteiger partial charge in [-0.1, -0.05) is 0 Å². The van der Waals surface area contributed by atoms with Crippen molar-refractivity contribution in [2.24, 2.45) is 12.9 Å². The highest BCUT2D eigenvalue weighted by Gasteiger charge is 2.20. The summed E-state index contributed by atoms with van der Waals surface area (Å²) in [7, 11) is 1.86. The van der Waals surface area contributed by atoms with Gasteiger partial charge in [-0.15, -0.1) is 0 Å². The fraction of sp³-hybridized carbons (Fsp3) is 0.200. The van der Waals surface area contributed by atoms with Gasteiger partial charge in [-0.3, -0.25) is 15.5 Å². The molecule has 17 heavy (non-hydrogen) atoms. The summed E-state index contributed by atoms with van der Waals surface area (Å²) in [4.78, 5) is 4.34. The normalized spacial score (nSPS) is 12.7. The fourth-order valence-electron chi connectivity index (χ4n) is 1.61. The van der Waals surface area contributed by atoms with Crippen molar-refractivity contribution in [1.82, 2.24) is 20.2 Å². The van der Waals surface area contributed by atoms with Crippen molar-refractivity contribution in [2.75, 3.05) is 0 Å². The molecule has 0 radical (unpaired) electrons. The predicted octanol–water partition coefficient (Wildman–Crippen LogP) is 1.89. The van der Waals surface area contributed by atoms with Gasteiger partial charge in [0.2, 0.25) is 0 Å². The van der Waals surface area contributed by atoms with Crippen LogP contribution in [0.25, 0.3) is 0 Å². The van der Waals surface area contributed by atoms with Gasteiger partial charge in [-0.25, -0.2) is 5.43 Å². The van der Waals surface area contributed by atoms with Crippen molar-refractivity contribution in [3.63, 3.8) is 0 Å². The summed E-state index contributed by atoms with van der Waals surface area (Å²) in [5, 5.41) is 4.17. The minimum absolute atomic E-state index is 0.204. The van der Waals surface area contributed by atoms with Crippen LogP contribution in [0.5, 0.6) is 0 Å². The lowest BCUT2D eigenvalue weighted by atomic mass is 10.1. The van der Waals surface area contributed by atoms with Gasteiger partial charge in [0, 0.05) is 17.7 Å². The van der Waals surface area contributed by atoms with Crippen LogP contribution in [0.1, 0.15) is 17.4 Å². The molecule has 3 N–H and O–H groups in total. The van der Waals surface area contributed by atoms with Crippen LogP contribution in [-0.4, -0.2) is 14.8 Å². The van der Waals surface area contributed by atoms with E-state index in [0.717, 1.165) is 20.3 Å². The standard InChI is InChI=1S/C10H11Br2N5/c1-17-10(7(12)5-15-17)9(16-13)8-3-2-6(11)4-14-8/h2-5,9,16H,13H2,1H3. The third kappa shape index (κ3) is 2.57. The molecule has 0 amide bonds. The number of rotatable bonds is 3. The van der Waals surface area contributed by atoms with Crippen LogP contribution in [0, 0.1) is 0 Å². The van der Waals surface area contributed by atoms with Crippen LogP contribution in [0.4, 0.5) is 0 Å². The minimum Gasteiger partial charge on any atom is -0.270 e. The summed E-state index contributed by atoms with van der Waals surface area (Å²) in [6.07, 6.45) is 3.47. The Kier molecular flexibility index (Phi) is 3.93. The van der Waals surface area contributed by atoms with E-state index < -0.39 is 0 Å². The predicted molar refractivity (Wildman–Crippen MR) is 72.0 cm³/mol. The molecule has 0 aliphatic carbocycles. The molecule has 0 saturated carbocycles. The molecule has 0 aliphatic rings. The summed E-state index contributed by atoms with van der Waals surface area (Å²) in [5.74, 6) is 5.61. The highest BCUT2D eigenvalue weighted by Crippen LogP contribution is 2.26. The number of nitrogens with one attached hydrogen (secondary N) is 1. The second-order valence-corrected chi connectivity index (χ2v) is 5.27. The molecule has 1 unspecified atom stereocenters. The number of hydrogen-bond acceptors (Lipinski definition) is 4. The van der Waals surface area contributed by atoms with Crippen LogP contribution >= 0.6 is 31.9 Å². The molecule has 0 spiro atoms. The molecule has 7 heteroatoms. The first-order chi connectivity index (χ1) is 8.13. The van der Waals surface area contributed by atoms with Crippen molar-refractivity contribution in [3.8, 4) is 0 Å². The van der Waals surface area contributed by atoms with E-state index in [1.54, 1.807) is 17.1 Å². The second kappa shape index (κ2) is 5.26. The van der Waals surface area contributed by atoms with Crippen LogP contribution in [0.15, 0.2) is 33.5 Å². The Bertz CT molecular complexity index is 488. The van der Waals surface area contributed by atoms with Crippen LogP contribution in [0.2, 0.25) is 0 Å². The van der Waals surface area contributed by atoms with E-state index in [9.17, 15) is 0 Å². The number of pyridine rings is 1. The first kappa shape index (κ1) is 12.7. The van der Waals surface area contributed by atoms with Gasteiger partial charge in [0.05, 0.1) is 22.1 Å². The summed E-state index contributed by atoms with van der Waals surface area (Å²) in [6.45, 7) is 0. The van der Waals surface area contributed by atoms with E-state index in [1.807, 2.05) is 19.2 Å². The molecular formula is C10H11Br2N5. The monoisotopic (exact) mass is 359 g/mol. The maximum absolute atomic E-state index is 5.61. The largest absolute Gasteiger partial charge is 0.270 e. The Morgan fingerprint density at radius 3 is 2.59 bits per heavy atom. The molecule has 1 atom stereocenters. The zero-order valence-electron chi connectivity index (χ0n) is 9.06. The zero-order valence-corrected chi connectivity index (χ0v) is 12.2. The molecule has 2 aromatic heterocycles. The summed E-state index contributed by atoms with van der Waals surface area (Å²) in [6, 6.07) is 3.63. The van der Waals surface area contributed by atoms with Crippen molar-refractivity contribution in [1.29, 1.82) is 0 Å². The van der Waals surface area contributed by atoms with Gasteiger partial charge < -0.3 is 0 Å². The molecule has 2 aromatic rings. The molecule has 2 rings (SSSR count). The average Bonchev–Trinajstić information content (AvgIpc) is 2.64. The van der Waals surface area contributed by atoms with Crippen LogP contribution in [-0.2, 0) is 7.05 Å². The number of halogens is 2. The summed E-state index contributed by atoms with van der Waals surface area (Å²) >= 11 is 6.81. The van der Waals surface area contributed by atoms with Crippen LogP contribution < -0.4 is 11.3 Å². The molecule has 90 valence electrons. The zero-order chi connectivity index (χ0) is 12.4. The highest BCUT2D eigenvalue weighted by molar-refractivity contribution is 9.10. The second-order valence-electron chi connectivity index (χ2n) is 3.50. The number of aryl methyl sites for hydroxylation is 1. The maximum Gasteiger partial charge on any atom is 0.106 e. The SMILES string of the molecule is Cn1ncc(Br)c1C(NN)c1ccc(Br)cn1. The van der Waals surface area contributed by atoms with Gasteiger partial charge in [0.25, 0.3) is 0 Å². The number of nitrogens with zero attached hydrogens (tertiary/aromatic N) is 3. The lowest BCUT2D eigenvalue weighted by molar-refractivity contribution is 0.562. The Morgan fingerprint density at radius 2 is 2.12 bits per heavy atom. The molecular weight excluding hydrogens is 350 g/mol. The van der Waals surface area contributed by atoms with Gasteiger partial charge in [-0.05, 0) is 44.0 Å². The molecule has 5 nitrogen and oxygen atoms in total. The van der Waals surface area contributed by atoms with Crippen LogP contribution in [0.3, 0.4) is 0 Å². The number of nitrogens with two attached hydrogens (primary N) is 1. The van der Waals surface area contributed by atoms with Crippen molar-refractivity contribution in [3.05, 3.63) is 44.9 Å². The highest BCUT2D eigenvalue weighted by atomic mass is 79.9. The van der Waals surface area contributed by atoms with E-state index in [-0.39, 0.29) is 6.04 Å². The number of hydrazine groups is 1. The lowest BCUT2D eigenvalue weighted by Crippen LogP contribution is -2.31. The van der Waals surface area contributed by atoms with E-state index in [4.69, 9.17) is 5.84 Å². The topological polar surface area (TPSA) is 68.8 Å². The van der Waals surface area contributed by atoms with E-state index >= 15 is 0 Å². The fourth-order valence-corrected chi connectivity index (χ4v) is 2.42. The maximum atomic E-state index is 5.61. The smallest absolute Gasteiger partial charge is 0.106 e. The van der Waals surface area contributed by atoms with Crippen molar-refractivity contribution < 1.29 is 0 Å². The van der Waals surface area contributed by atoms with Gasteiger partial charge >= 0.3 is 0 Å². The molecule has 0 saturated heterocycles.